The zero-order chi connectivity index (χ0) is 14.0. The third-order valence-corrected chi connectivity index (χ3v) is 3.81. The fraction of sp³-hybridized carbons (Fsp3) is 0.929. The molecule has 4 nitrogen and oxygen atoms in total. The Balaban J connectivity index is 4.40. The first-order valence-corrected chi connectivity index (χ1v) is 7.02. The van der Waals surface area contributed by atoms with Gasteiger partial charge in [-0.25, -0.2) is 0 Å². The van der Waals surface area contributed by atoms with Crippen molar-refractivity contribution in [2.24, 2.45) is 5.41 Å². The van der Waals surface area contributed by atoms with Crippen LogP contribution in [0.1, 0.15) is 52.9 Å². The van der Waals surface area contributed by atoms with Gasteiger partial charge in [0.2, 0.25) is 0 Å². The molecule has 0 spiro atoms. The van der Waals surface area contributed by atoms with Crippen molar-refractivity contribution in [2.45, 2.75) is 58.9 Å². The van der Waals surface area contributed by atoms with E-state index < -0.39 is 11.4 Å². The molecule has 0 saturated heterocycles. The van der Waals surface area contributed by atoms with Crippen LogP contribution in [-0.4, -0.2) is 37.4 Å². The summed E-state index contributed by atoms with van der Waals surface area (Å²) in [5.41, 5.74) is -0.641. The molecule has 108 valence electrons. The van der Waals surface area contributed by atoms with Crippen molar-refractivity contribution < 1.29 is 14.6 Å². The summed E-state index contributed by atoms with van der Waals surface area (Å²) in [6, 6.07) is 0.256. The lowest BCUT2D eigenvalue weighted by molar-refractivity contribution is -0.149. The van der Waals surface area contributed by atoms with Crippen molar-refractivity contribution in [1.82, 2.24) is 5.32 Å². The van der Waals surface area contributed by atoms with Gasteiger partial charge in [-0.2, -0.15) is 0 Å². The molecule has 1 unspecified atom stereocenters. The van der Waals surface area contributed by atoms with Gasteiger partial charge in [0.1, 0.15) is 0 Å². The molecule has 0 aromatic heterocycles. The van der Waals surface area contributed by atoms with Gasteiger partial charge in [-0.05, 0) is 19.3 Å². The zero-order valence-corrected chi connectivity index (χ0v) is 12.3. The number of aliphatic carboxylic acids is 1. The molecule has 0 amide bonds. The van der Waals surface area contributed by atoms with Gasteiger partial charge in [0, 0.05) is 19.7 Å². The number of hydrogen-bond donors (Lipinski definition) is 2. The van der Waals surface area contributed by atoms with Crippen molar-refractivity contribution in [1.29, 1.82) is 0 Å². The fourth-order valence-electron chi connectivity index (χ4n) is 2.11. The van der Waals surface area contributed by atoms with Crippen LogP contribution in [0.4, 0.5) is 0 Å². The summed E-state index contributed by atoms with van der Waals surface area (Å²) in [5, 5.41) is 12.7. The van der Waals surface area contributed by atoms with Crippen LogP contribution in [0.3, 0.4) is 0 Å². The van der Waals surface area contributed by atoms with Crippen LogP contribution >= 0.6 is 0 Å². The second-order valence-electron chi connectivity index (χ2n) is 4.97. The summed E-state index contributed by atoms with van der Waals surface area (Å²) in [5.74, 6) is -0.702. The second kappa shape index (κ2) is 9.34. The largest absolute Gasteiger partial charge is 0.481 e. The Morgan fingerprint density at radius 1 is 1.33 bits per heavy atom. The van der Waals surface area contributed by atoms with Gasteiger partial charge in [-0.15, -0.1) is 0 Å². The van der Waals surface area contributed by atoms with Crippen LogP contribution < -0.4 is 5.32 Å². The highest BCUT2D eigenvalue weighted by atomic mass is 16.5. The number of carboxylic acids is 1. The molecule has 0 aromatic carbocycles. The van der Waals surface area contributed by atoms with Crippen molar-refractivity contribution in [2.75, 3.05) is 20.3 Å². The van der Waals surface area contributed by atoms with E-state index in [2.05, 4.69) is 12.2 Å². The Kier molecular flexibility index (Phi) is 9.02. The lowest BCUT2D eigenvalue weighted by Gasteiger charge is -2.29. The number of nitrogens with one attached hydrogen (secondary N) is 1. The molecular formula is C14H29NO3. The van der Waals surface area contributed by atoms with E-state index in [-0.39, 0.29) is 6.04 Å². The molecule has 0 aliphatic rings. The number of carbonyl (C=O) groups is 1. The normalized spacial score (nSPS) is 13.6. The average Bonchev–Trinajstić information content (AvgIpc) is 2.37. The van der Waals surface area contributed by atoms with E-state index in [0.29, 0.717) is 26.0 Å². The molecule has 0 aromatic rings. The molecular weight excluding hydrogens is 230 g/mol. The van der Waals surface area contributed by atoms with Crippen molar-refractivity contribution in [3.05, 3.63) is 0 Å². The van der Waals surface area contributed by atoms with Crippen molar-refractivity contribution in [3.63, 3.8) is 0 Å². The smallest absolute Gasteiger partial charge is 0.310 e. The molecule has 0 rings (SSSR count). The maximum absolute atomic E-state index is 11.4. The zero-order valence-electron chi connectivity index (χ0n) is 12.3. The number of carboxylic acid groups (broad SMARTS) is 1. The Hall–Kier alpha value is -0.610. The van der Waals surface area contributed by atoms with Gasteiger partial charge in [-0.3, -0.25) is 4.79 Å². The number of hydrogen-bond acceptors (Lipinski definition) is 3. The van der Waals surface area contributed by atoms with Crippen LogP contribution in [0.15, 0.2) is 0 Å². The topological polar surface area (TPSA) is 58.6 Å². The summed E-state index contributed by atoms with van der Waals surface area (Å²) in [7, 11) is 1.69. The fourth-order valence-corrected chi connectivity index (χ4v) is 2.11. The summed E-state index contributed by atoms with van der Waals surface area (Å²) in [6.07, 6.45) is 4.62. The third-order valence-electron chi connectivity index (χ3n) is 3.81. The summed E-state index contributed by atoms with van der Waals surface area (Å²) in [6.45, 7) is 7.20. The van der Waals surface area contributed by atoms with E-state index in [1.807, 2.05) is 13.8 Å². The van der Waals surface area contributed by atoms with Gasteiger partial charge >= 0.3 is 5.97 Å². The molecule has 4 heteroatoms. The number of rotatable bonds is 11. The second-order valence-corrected chi connectivity index (χ2v) is 4.97. The number of unbranched alkanes of at least 4 members (excludes halogenated alkanes) is 1. The molecule has 0 fully saturated rings. The Labute approximate surface area is 111 Å². The van der Waals surface area contributed by atoms with Gasteiger partial charge in [-0.1, -0.05) is 33.6 Å². The molecule has 0 saturated carbocycles. The SMILES string of the molecule is CCCCC(COC)NCC(CC)(CC)C(=O)O. The maximum atomic E-state index is 11.4. The summed E-state index contributed by atoms with van der Waals surface area (Å²) < 4.78 is 5.18. The first kappa shape index (κ1) is 17.4. The molecule has 0 bridgehead atoms. The van der Waals surface area contributed by atoms with Gasteiger partial charge in [0.05, 0.1) is 12.0 Å². The minimum atomic E-state index is -0.702. The van der Waals surface area contributed by atoms with Crippen LogP contribution in [0.2, 0.25) is 0 Å². The summed E-state index contributed by atoms with van der Waals surface area (Å²) in [4.78, 5) is 11.4. The van der Waals surface area contributed by atoms with E-state index in [1.54, 1.807) is 7.11 Å². The Morgan fingerprint density at radius 2 is 1.94 bits per heavy atom. The van der Waals surface area contributed by atoms with E-state index in [0.717, 1.165) is 19.3 Å². The lowest BCUT2D eigenvalue weighted by atomic mass is 9.82. The van der Waals surface area contributed by atoms with E-state index in [1.165, 1.54) is 0 Å². The maximum Gasteiger partial charge on any atom is 0.310 e. The highest BCUT2D eigenvalue weighted by molar-refractivity contribution is 5.74. The quantitative estimate of drug-likeness (QED) is 0.599. The van der Waals surface area contributed by atoms with Crippen LogP contribution in [0.5, 0.6) is 0 Å². The van der Waals surface area contributed by atoms with Gasteiger partial charge in [0.15, 0.2) is 0 Å². The Morgan fingerprint density at radius 3 is 2.33 bits per heavy atom. The van der Waals surface area contributed by atoms with E-state index in [9.17, 15) is 9.90 Å². The minimum absolute atomic E-state index is 0.256. The molecule has 0 heterocycles. The van der Waals surface area contributed by atoms with Gasteiger partial charge in [0.25, 0.3) is 0 Å². The van der Waals surface area contributed by atoms with Crippen LogP contribution in [-0.2, 0) is 9.53 Å². The first-order valence-electron chi connectivity index (χ1n) is 7.02. The number of methoxy groups -OCH3 is 1. The highest BCUT2D eigenvalue weighted by Crippen LogP contribution is 2.26. The molecule has 0 aliphatic heterocycles. The molecule has 0 radical (unpaired) electrons. The third kappa shape index (κ3) is 5.36. The molecule has 18 heavy (non-hydrogen) atoms. The van der Waals surface area contributed by atoms with Crippen LogP contribution in [0, 0.1) is 5.41 Å². The van der Waals surface area contributed by atoms with Crippen LogP contribution in [0.25, 0.3) is 0 Å². The van der Waals surface area contributed by atoms with Crippen molar-refractivity contribution >= 4 is 5.97 Å². The highest BCUT2D eigenvalue weighted by Gasteiger charge is 2.34. The Bertz CT molecular complexity index is 227. The molecule has 2 N–H and O–H groups in total. The summed E-state index contributed by atoms with van der Waals surface area (Å²) >= 11 is 0. The predicted molar refractivity (Wildman–Crippen MR) is 73.8 cm³/mol. The average molecular weight is 259 g/mol. The predicted octanol–water partition coefficient (Wildman–Crippen LogP) is 2.67. The first-order chi connectivity index (χ1) is 8.56. The minimum Gasteiger partial charge on any atom is -0.481 e. The van der Waals surface area contributed by atoms with E-state index in [4.69, 9.17) is 4.74 Å². The monoisotopic (exact) mass is 259 g/mol. The molecule has 1 atom stereocenters. The standard InChI is InChI=1S/C14H29NO3/c1-5-8-9-12(10-18-4)15-11-14(6-2,7-3)13(16)17/h12,15H,5-11H2,1-4H3,(H,16,17). The van der Waals surface area contributed by atoms with E-state index >= 15 is 0 Å². The van der Waals surface area contributed by atoms with Gasteiger partial charge < -0.3 is 15.2 Å². The lowest BCUT2D eigenvalue weighted by Crippen LogP contribution is -2.45. The number of ether oxygens (including phenoxy) is 1. The molecule has 0 aliphatic carbocycles. The van der Waals surface area contributed by atoms with Crippen molar-refractivity contribution in [3.8, 4) is 0 Å².